The van der Waals surface area contributed by atoms with Crippen molar-refractivity contribution in [2.45, 2.75) is 0 Å². The molecule has 1 fully saturated rings. The Morgan fingerprint density at radius 3 is 2.19 bits per heavy atom. The van der Waals surface area contributed by atoms with Crippen molar-refractivity contribution < 1.29 is 18.7 Å². The van der Waals surface area contributed by atoms with Crippen LogP contribution in [0.2, 0.25) is 0 Å². The molecule has 1 heterocycles. The van der Waals surface area contributed by atoms with E-state index in [4.69, 9.17) is 4.74 Å². The van der Waals surface area contributed by atoms with Crippen LogP contribution in [0.5, 0.6) is 5.75 Å². The van der Waals surface area contributed by atoms with E-state index in [2.05, 4.69) is 10.2 Å². The minimum atomic E-state index is -0.494. The van der Waals surface area contributed by atoms with Crippen molar-refractivity contribution in [3.63, 3.8) is 0 Å². The number of para-hydroxylation sites is 1. The number of nitrogens with zero attached hydrogens (tertiary/aromatic N) is 2. The van der Waals surface area contributed by atoms with Gasteiger partial charge in [0.2, 0.25) is 0 Å². The lowest BCUT2D eigenvalue weighted by atomic mass is 10.1. The fourth-order valence-corrected chi connectivity index (χ4v) is 3.59. The summed E-state index contributed by atoms with van der Waals surface area (Å²) in [6, 6.07) is 22.8. The fourth-order valence-electron chi connectivity index (χ4n) is 3.59. The number of anilines is 2. The topological polar surface area (TPSA) is 61.9 Å². The molecule has 0 aliphatic carbocycles. The smallest absolute Gasteiger partial charge is 0.262 e. The van der Waals surface area contributed by atoms with E-state index in [-0.39, 0.29) is 24.0 Å². The Bertz CT molecular complexity index is 1070. The van der Waals surface area contributed by atoms with Gasteiger partial charge in [0.25, 0.3) is 11.8 Å². The van der Waals surface area contributed by atoms with Crippen LogP contribution in [-0.2, 0) is 4.79 Å². The Morgan fingerprint density at radius 1 is 0.844 bits per heavy atom. The largest absolute Gasteiger partial charge is 0.484 e. The summed E-state index contributed by atoms with van der Waals surface area (Å²) in [4.78, 5) is 28.5. The predicted octanol–water partition coefficient (Wildman–Crippen LogP) is 3.81. The van der Waals surface area contributed by atoms with E-state index in [1.807, 2.05) is 42.5 Å². The van der Waals surface area contributed by atoms with Gasteiger partial charge in [-0.3, -0.25) is 9.59 Å². The average molecular weight is 433 g/mol. The standard InChI is InChI=1S/C25H24FN3O3/c26-23-9-5-4-8-22(23)25(31)29-16-14-28(15-17-29)20-12-10-19(11-13-20)27-24(30)18-32-21-6-2-1-3-7-21/h1-13H,14-18H2,(H,27,30). The minimum Gasteiger partial charge on any atom is -0.484 e. The van der Waals surface area contributed by atoms with E-state index in [0.717, 1.165) is 5.69 Å². The van der Waals surface area contributed by atoms with Crippen LogP contribution in [0.4, 0.5) is 15.8 Å². The summed E-state index contributed by atoms with van der Waals surface area (Å²) in [5.41, 5.74) is 1.79. The Kier molecular flexibility index (Phi) is 6.65. The van der Waals surface area contributed by atoms with Crippen molar-refractivity contribution in [2.75, 3.05) is 43.0 Å². The van der Waals surface area contributed by atoms with Crippen LogP contribution in [-0.4, -0.2) is 49.5 Å². The highest BCUT2D eigenvalue weighted by molar-refractivity contribution is 5.94. The first-order valence-electron chi connectivity index (χ1n) is 10.5. The maximum atomic E-state index is 13.9. The van der Waals surface area contributed by atoms with Crippen LogP contribution in [0, 0.1) is 5.82 Å². The molecule has 6 nitrogen and oxygen atoms in total. The number of nitrogens with one attached hydrogen (secondary N) is 1. The first-order valence-corrected chi connectivity index (χ1v) is 10.5. The third-order valence-corrected chi connectivity index (χ3v) is 5.30. The van der Waals surface area contributed by atoms with Gasteiger partial charge in [-0.2, -0.15) is 0 Å². The zero-order valence-corrected chi connectivity index (χ0v) is 17.5. The zero-order chi connectivity index (χ0) is 22.3. The maximum absolute atomic E-state index is 13.9. The lowest BCUT2D eigenvalue weighted by Gasteiger charge is -2.36. The molecule has 1 N–H and O–H groups in total. The van der Waals surface area contributed by atoms with Gasteiger partial charge in [-0.1, -0.05) is 30.3 Å². The van der Waals surface area contributed by atoms with Gasteiger partial charge in [0, 0.05) is 37.6 Å². The van der Waals surface area contributed by atoms with Crippen molar-refractivity contribution in [2.24, 2.45) is 0 Å². The average Bonchev–Trinajstić information content (AvgIpc) is 2.84. The number of piperazine rings is 1. The summed E-state index contributed by atoms with van der Waals surface area (Å²) in [7, 11) is 0. The van der Waals surface area contributed by atoms with Crippen molar-refractivity contribution >= 4 is 23.2 Å². The van der Waals surface area contributed by atoms with Gasteiger partial charge in [0.05, 0.1) is 5.56 Å². The normalized spacial score (nSPS) is 13.5. The van der Waals surface area contributed by atoms with Crippen LogP contribution < -0.4 is 15.0 Å². The maximum Gasteiger partial charge on any atom is 0.262 e. The molecule has 4 rings (SSSR count). The second-order valence-electron chi connectivity index (χ2n) is 7.46. The van der Waals surface area contributed by atoms with Crippen LogP contribution in [0.25, 0.3) is 0 Å². The zero-order valence-electron chi connectivity index (χ0n) is 17.5. The fraction of sp³-hybridized carbons (Fsp3) is 0.200. The molecule has 164 valence electrons. The van der Waals surface area contributed by atoms with E-state index in [1.54, 1.807) is 29.2 Å². The molecule has 0 spiro atoms. The second-order valence-corrected chi connectivity index (χ2v) is 7.46. The van der Waals surface area contributed by atoms with E-state index in [9.17, 15) is 14.0 Å². The predicted molar refractivity (Wildman–Crippen MR) is 122 cm³/mol. The molecule has 32 heavy (non-hydrogen) atoms. The Balaban J connectivity index is 1.27. The summed E-state index contributed by atoms with van der Waals surface area (Å²) in [5, 5.41) is 2.82. The summed E-state index contributed by atoms with van der Waals surface area (Å²) >= 11 is 0. The molecule has 0 aromatic heterocycles. The first-order chi connectivity index (χ1) is 15.6. The third kappa shape index (κ3) is 5.24. The number of halogens is 1. The Labute approximate surface area is 186 Å². The van der Waals surface area contributed by atoms with Crippen molar-refractivity contribution in [3.05, 3.63) is 90.2 Å². The van der Waals surface area contributed by atoms with Crippen LogP contribution >= 0.6 is 0 Å². The quantitative estimate of drug-likeness (QED) is 0.642. The number of ether oxygens (including phenoxy) is 1. The van der Waals surface area contributed by atoms with E-state index >= 15 is 0 Å². The molecule has 0 radical (unpaired) electrons. The van der Waals surface area contributed by atoms with E-state index < -0.39 is 5.82 Å². The third-order valence-electron chi connectivity index (χ3n) is 5.30. The highest BCUT2D eigenvalue weighted by Gasteiger charge is 2.24. The van der Waals surface area contributed by atoms with E-state index in [0.29, 0.717) is 37.6 Å². The minimum absolute atomic E-state index is 0.0657. The van der Waals surface area contributed by atoms with Gasteiger partial charge in [0.1, 0.15) is 11.6 Å². The highest BCUT2D eigenvalue weighted by Crippen LogP contribution is 2.21. The van der Waals surface area contributed by atoms with Crippen LogP contribution in [0.15, 0.2) is 78.9 Å². The number of carbonyl (C=O) groups excluding carboxylic acids is 2. The van der Waals surface area contributed by atoms with Gasteiger partial charge in [-0.15, -0.1) is 0 Å². The van der Waals surface area contributed by atoms with Gasteiger partial charge < -0.3 is 19.9 Å². The van der Waals surface area contributed by atoms with Crippen molar-refractivity contribution in [1.82, 2.24) is 4.90 Å². The van der Waals surface area contributed by atoms with Gasteiger partial charge in [-0.05, 0) is 48.5 Å². The highest BCUT2D eigenvalue weighted by atomic mass is 19.1. The molecule has 1 aliphatic heterocycles. The number of amides is 2. The van der Waals surface area contributed by atoms with Crippen LogP contribution in [0.1, 0.15) is 10.4 Å². The summed E-state index contributed by atoms with van der Waals surface area (Å²) in [6.45, 7) is 2.27. The molecule has 1 aliphatic rings. The molecular formula is C25H24FN3O3. The Hall–Kier alpha value is -3.87. The monoisotopic (exact) mass is 433 g/mol. The number of benzene rings is 3. The molecule has 0 unspecified atom stereocenters. The molecule has 1 saturated heterocycles. The van der Waals surface area contributed by atoms with Crippen molar-refractivity contribution in [3.8, 4) is 5.75 Å². The van der Waals surface area contributed by atoms with Gasteiger partial charge in [0.15, 0.2) is 6.61 Å². The number of hydrogen-bond donors (Lipinski definition) is 1. The summed E-state index contributed by atoms with van der Waals surface area (Å²) in [6.07, 6.45) is 0. The van der Waals surface area contributed by atoms with Gasteiger partial charge >= 0.3 is 0 Å². The molecule has 0 bridgehead atoms. The molecule has 3 aromatic rings. The Morgan fingerprint density at radius 2 is 1.50 bits per heavy atom. The number of carbonyl (C=O) groups is 2. The molecular weight excluding hydrogens is 409 g/mol. The molecule has 0 saturated carbocycles. The molecule has 0 atom stereocenters. The number of hydrogen-bond acceptors (Lipinski definition) is 4. The second kappa shape index (κ2) is 9.96. The SMILES string of the molecule is O=C(COc1ccccc1)Nc1ccc(N2CCN(C(=O)c3ccccc3F)CC2)cc1. The first kappa shape index (κ1) is 21.4. The molecule has 3 aromatic carbocycles. The lowest BCUT2D eigenvalue weighted by molar-refractivity contribution is -0.118. The summed E-state index contributed by atoms with van der Waals surface area (Å²) < 4.78 is 19.4. The van der Waals surface area contributed by atoms with Gasteiger partial charge in [-0.25, -0.2) is 4.39 Å². The molecule has 2 amide bonds. The van der Waals surface area contributed by atoms with Crippen molar-refractivity contribution in [1.29, 1.82) is 0 Å². The number of rotatable bonds is 6. The molecule has 7 heteroatoms. The van der Waals surface area contributed by atoms with Crippen LogP contribution in [0.3, 0.4) is 0 Å². The lowest BCUT2D eigenvalue weighted by Crippen LogP contribution is -2.49. The van der Waals surface area contributed by atoms with E-state index in [1.165, 1.54) is 12.1 Å². The summed E-state index contributed by atoms with van der Waals surface area (Å²) in [5.74, 6) is -0.363.